The number of esters is 1. The first-order valence-electron chi connectivity index (χ1n) is 5.18. The predicted molar refractivity (Wildman–Crippen MR) is 68.5 cm³/mol. The Labute approximate surface area is 114 Å². The molecular formula is C9H13Cl2N2O4P. The van der Waals surface area contributed by atoms with Gasteiger partial charge in [-0.3, -0.25) is 4.57 Å². The number of allylic oxidation sites excluding steroid dienone is 1. The van der Waals surface area contributed by atoms with E-state index in [1.807, 2.05) is 0 Å². The van der Waals surface area contributed by atoms with E-state index in [0.29, 0.717) is 5.70 Å². The van der Waals surface area contributed by atoms with Crippen molar-refractivity contribution >= 4 is 40.5 Å². The highest BCUT2D eigenvalue weighted by Gasteiger charge is 2.42. The average molecular weight is 315 g/mol. The van der Waals surface area contributed by atoms with Crippen LogP contribution in [-0.4, -0.2) is 29.3 Å². The van der Waals surface area contributed by atoms with Crippen LogP contribution in [0.5, 0.6) is 0 Å². The van der Waals surface area contributed by atoms with Gasteiger partial charge in [-0.1, -0.05) is 0 Å². The van der Waals surface area contributed by atoms with Gasteiger partial charge in [-0.15, -0.1) is 0 Å². The molecule has 0 aromatic carbocycles. The Kier molecular flexibility index (Phi) is 4.70. The summed E-state index contributed by atoms with van der Waals surface area (Å²) in [5.41, 5.74) is 0.516. The van der Waals surface area contributed by atoms with E-state index >= 15 is 0 Å². The maximum Gasteiger partial charge on any atom is 0.349 e. The summed E-state index contributed by atoms with van der Waals surface area (Å²) in [4.78, 5) is 23.4. The Balaban J connectivity index is 3.18. The maximum absolute atomic E-state index is 11.8. The molecule has 1 atom stereocenters. The van der Waals surface area contributed by atoms with Crippen LogP contribution in [0.4, 0.5) is 4.79 Å². The molecule has 1 heterocycles. The van der Waals surface area contributed by atoms with E-state index in [4.69, 9.17) is 27.2 Å². The fraction of sp³-hybridized carbons (Fsp3) is 0.556. The topological polar surface area (TPSA) is 75.7 Å². The Hall–Kier alpha value is -0.710. The van der Waals surface area contributed by atoms with E-state index in [1.165, 1.54) is 6.92 Å². The summed E-state index contributed by atoms with van der Waals surface area (Å²) in [6.07, 6.45) is 0. The molecule has 1 N–H and O–H groups in total. The van der Waals surface area contributed by atoms with Gasteiger partial charge in [-0.05, 0) is 43.3 Å². The molecule has 1 rings (SSSR count). The van der Waals surface area contributed by atoms with Crippen LogP contribution in [0, 0.1) is 0 Å². The normalized spacial score (nSPS) is 20.8. The summed E-state index contributed by atoms with van der Waals surface area (Å²) in [6.45, 7) is 4.90. The van der Waals surface area contributed by atoms with Gasteiger partial charge in [0.1, 0.15) is 0 Å². The van der Waals surface area contributed by atoms with Crippen molar-refractivity contribution in [2.45, 2.75) is 26.8 Å². The molecule has 0 bridgehead atoms. The van der Waals surface area contributed by atoms with Crippen LogP contribution in [-0.2, 0) is 14.1 Å². The van der Waals surface area contributed by atoms with Crippen LogP contribution < -0.4 is 5.32 Å². The van der Waals surface area contributed by atoms with Crippen molar-refractivity contribution in [3.63, 3.8) is 0 Å². The third kappa shape index (κ3) is 2.99. The number of carbonyl (C=O) groups is 2. The number of nitrogens with one attached hydrogen (secondary N) is 1. The van der Waals surface area contributed by atoms with E-state index in [1.54, 1.807) is 13.8 Å². The number of urea groups is 1. The highest BCUT2D eigenvalue weighted by Crippen LogP contribution is 2.61. The van der Waals surface area contributed by atoms with Gasteiger partial charge < -0.3 is 10.1 Å². The average Bonchev–Trinajstić information content (AvgIpc) is 2.13. The van der Waals surface area contributed by atoms with Crippen molar-refractivity contribution in [2.75, 3.05) is 6.61 Å². The molecule has 2 amide bonds. The first-order valence-corrected chi connectivity index (χ1v) is 8.65. The van der Waals surface area contributed by atoms with Crippen molar-refractivity contribution in [2.24, 2.45) is 0 Å². The summed E-state index contributed by atoms with van der Waals surface area (Å²) < 4.78 is 17.3. The zero-order valence-electron chi connectivity index (χ0n) is 10.1. The number of ether oxygens (including phenoxy) is 1. The molecule has 102 valence electrons. The van der Waals surface area contributed by atoms with Gasteiger partial charge in [-0.2, -0.15) is 0 Å². The number of hydrogen-bond donors (Lipinski definition) is 1. The molecule has 0 saturated heterocycles. The van der Waals surface area contributed by atoms with E-state index in [-0.39, 0.29) is 12.2 Å². The van der Waals surface area contributed by atoms with Gasteiger partial charge >= 0.3 is 18.0 Å². The minimum absolute atomic E-state index is 0.179. The molecule has 0 fully saturated rings. The molecule has 1 unspecified atom stereocenters. The van der Waals surface area contributed by atoms with Crippen molar-refractivity contribution in [3.05, 3.63) is 11.3 Å². The molecule has 0 aromatic rings. The lowest BCUT2D eigenvalue weighted by Crippen LogP contribution is -2.48. The summed E-state index contributed by atoms with van der Waals surface area (Å²) >= 11 is 11.0. The quantitative estimate of drug-likeness (QED) is 0.642. The zero-order chi connectivity index (χ0) is 14.1. The molecular weight excluding hydrogens is 302 g/mol. The summed E-state index contributed by atoms with van der Waals surface area (Å²) in [7, 11) is 0. The Morgan fingerprint density at radius 2 is 2.11 bits per heavy atom. The van der Waals surface area contributed by atoms with Gasteiger partial charge in [0.2, 0.25) is 0 Å². The third-order valence-corrected chi connectivity index (χ3v) is 4.44. The minimum Gasteiger partial charge on any atom is -0.463 e. The highest BCUT2D eigenvalue weighted by molar-refractivity contribution is 8.07. The molecule has 0 saturated carbocycles. The standard InChI is InChI=1S/C9H13Cl2N2O4P/c1-4-17-8(14)7-5(2)12-9(15)13(6(7)3)18(10,11)16/h6H,4H2,1-3H3,(H,12,15). The summed E-state index contributed by atoms with van der Waals surface area (Å²) in [5, 5.41) is 2.38. The monoisotopic (exact) mass is 314 g/mol. The van der Waals surface area contributed by atoms with Gasteiger partial charge in [0.15, 0.2) is 0 Å². The maximum atomic E-state index is 11.8. The van der Waals surface area contributed by atoms with Crippen LogP contribution in [0.2, 0.25) is 0 Å². The second kappa shape index (κ2) is 5.51. The lowest BCUT2D eigenvalue weighted by atomic mass is 10.1. The lowest BCUT2D eigenvalue weighted by Gasteiger charge is -2.35. The number of rotatable bonds is 3. The van der Waals surface area contributed by atoms with Gasteiger partial charge in [-0.25, -0.2) is 14.3 Å². The van der Waals surface area contributed by atoms with E-state index in [0.717, 1.165) is 4.67 Å². The molecule has 0 spiro atoms. The second-order valence-electron chi connectivity index (χ2n) is 3.64. The second-order valence-corrected chi connectivity index (χ2v) is 8.21. The molecule has 0 aliphatic carbocycles. The molecule has 1 aliphatic heterocycles. The van der Waals surface area contributed by atoms with Gasteiger partial charge in [0.05, 0.1) is 18.2 Å². The molecule has 0 radical (unpaired) electrons. The van der Waals surface area contributed by atoms with Gasteiger partial charge in [0.25, 0.3) is 0 Å². The first kappa shape index (κ1) is 15.3. The molecule has 1 aliphatic rings. The number of hydrogen-bond acceptors (Lipinski definition) is 4. The van der Waals surface area contributed by atoms with E-state index < -0.39 is 24.0 Å². The SMILES string of the molecule is CCOC(=O)C1=C(C)NC(=O)N(P(=O)(Cl)Cl)C1C. The van der Waals surface area contributed by atoms with Crippen LogP contribution in [0.15, 0.2) is 11.3 Å². The van der Waals surface area contributed by atoms with E-state index in [9.17, 15) is 14.2 Å². The molecule has 0 aromatic heterocycles. The number of carbonyl (C=O) groups excluding carboxylic acids is 2. The number of nitrogens with zero attached hydrogens (tertiary/aromatic N) is 1. The smallest absolute Gasteiger partial charge is 0.349 e. The summed E-state index contributed by atoms with van der Waals surface area (Å²) in [5.74, 6) is -4.45. The van der Waals surface area contributed by atoms with Crippen LogP contribution >= 0.6 is 28.5 Å². The van der Waals surface area contributed by atoms with Crippen molar-refractivity contribution in [1.29, 1.82) is 0 Å². The number of halogens is 2. The molecule has 9 heteroatoms. The Bertz CT molecular complexity index is 459. The lowest BCUT2D eigenvalue weighted by molar-refractivity contribution is -0.139. The van der Waals surface area contributed by atoms with Crippen molar-refractivity contribution in [1.82, 2.24) is 9.99 Å². The first-order chi connectivity index (χ1) is 8.20. The number of amides is 2. The fourth-order valence-electron chi connectivity index (χ4n) is 1.74. The van der Waals surface area contributed by atoms with Crippen LogP contribution in [0.3, 0.4) is 0 Å². The highest BCUT2D eigenvalue weighted by atomic mass is 35.9. The molecule has 18 heavy (non-hydrogen) atoms. The van der Waals surface area contributed by atoms with Gasteiger partial charge in [0, 0.05) is 5.70 Å². The fourth-order valence-corrected chi connectivity index (χ4v) is 3.71. The van der Waals surface area contributed by atoms with Crippen LogP contribution in [0.25, 0.3) is 0 Å². The van der Waals surface area contributed by atoms with Crippen LogP contribution in [0.1, 0.15) is 20.8 Å². The minimum atomic E-state index is -3.85. The molecule has 6 nitrogen and oxygen atoms in total. The Morgan fingerprint density at radius 3 is 2.56 bits per heavy atom. The Morgan fingerprint density at radius 1 is 1.56 bits per heavy atom. The van der Waals surface area contributed by atoms with E-state index in [2.05, 4.69) is 5.32 Å². The van der Waals surface area contributed by atoms with Crippen molar-refractivity contribution in [3.8, 4) is 0 Å². The largest absolute Gasteiger partial charge is 0.463 e. The predicted octanol–water partition coefficient (Wildman–Crippen LogP) is 2.82. The van der Waals surface area contributed by atoms with Crippen molar-refractivity contribution < 1.29 is 18.9 Å². The third-order valence-electron chi connectivity index (χ3n) is 2.44. The zero-order valence-corrected chi connectivity index (χ0v) is 12.5. The summed E-state index contributed by atoms with van der Waals surface area (Å²) in [6, 6.07) is -1.53.